The Hall–Kier alpha value is -2.30. The Morgan fingerprint density at radius 1 is 1.19 bits per heavy atom. The molecule has 0 radical (unpaired) electrons. The Bertz CT molecular complexity index is 759. The monoisotopic (exact) mass is 370 g/mol. The van der Waals surface area contributed by atoms with Gasteiger partial charge in [0, 0.05) is 16.8 Å². The maximum Gasteiger partial charge on any atom is 0.250 e. The number of anilines is 1. The minimum Gasteiger partial charge on any atom is -0.490 e. The Morgan fingerprint density at radius 3 is 2.46 bits per heavy atom. The molecule has 0 bridgehead atoms. The third kappa shape index (κ3) is 4.65. The zero-order chi connectivity index (χ0) is 18.5. The summed E-state index contributed by atoms with van der Waals surface area (Å²) >= 11 is 5.93. The number of nitrogens with two attached hydrogens (primary N) is 1. The van der Waals surface area contributed by atoms with Gasteiger partial charge < -0.3 is 15.4 Å². The largest absolute Gasteiger partial charge is 0.490 e. The number of benzene rings is 2. The van der Waals surface area contributed by atoms with Crippen molar-refractivity contribution >= 4 is 23.2 Å². The average Bonchev–Trinajstić information content (AvgIpc) is 3.06. The quantitative estimate of drug-likeness (QED) is 0.770. The van der Waals surface area contributed by atoms with E-state index in [2.05, 4.69) is 6.58 Å². The molecule has 1 saturated carbocycles. The van der Waals surface area contributed by atoms with Crippen molar-refractivity contribution in [3.05, 3.63) is 71.8 Å². The van der Waals surface area contributed by atoms with Crippen LogP contribution in [0.1, 0.15) is 24.8 Å². The van der Waals surface area contributed by atoms with Crippen LogP contribution in [-0.4, -0.2) is 18.1 Å². The lowest BCUT2D eigenvalue weighted by atomic mass is 10.2. The topological polar surface area (TPSA) is 55.6 Å². The van der Waals surface area contributed by atoms with E-state index in [1.807, 2.05) is 48.5 Å². The van der Waals surface area contributed by atoms with Crippen molar-refractivity contribution in [3.8, 4) is 5.75 Å². The third-order valence-corrected chi connectivity index (χ3v) is 4.82. The predicted octanol–water partition coefficient (Wildman–Crippen LogP) is 4.32. The van der Waals surface area contributed by atoms with E-state index in [-0.39, 0.29) is 18.1 Å². The fraction of sp³-hybridized carbons (Fsp3) is 0.286. The second-order valence-electron chi connectivity index (χ2n) is 6.56. The van der Waals surface area contributed by atoms with Crippen LogP contribution in [0.15, 0.2) is 61.2 Å². The molecule has 3 rings (SSSR count). The van der Waals surface area contributed by atoms with Crippen molar-refractivity contribution < 1.29 is 9.53 Å². The first-order valence-corrected chi connectivity index (χ1v) is 9.13. The Balaban J connectivity index is 1.72. The molecule has 0 aliphatic heterocycles. The zero-order valence-electron chi connectivity index (χ0n) is 14.6. The molecule has 1 amide bonds. The highest BCUT2D eigenvalue weighted by Gasteiger charge is 2.23. The number of rotatable bonds is 6. The molecule has 136 valence electrons. The van der Waals surface area contributed by atoms with Gasteiger partial charge in [-0.3, -0.25) is 4.79 Å². The summed E-state index contributed by atoms with van der Waals surface area (Å²) < 4.78 is 5.98. The predicted molar refractivity (Wildman–Crippen MR) is 106 cm³/mol. The maximum atomic E-state index is 12.3. The van der Waals surface area contributed by atoms with Crippen LogP contribution in [-0.2, 0) is 11.3 Å². The van der Waals surface area contributed by atoms with E-state index >= 15 is 0 Å². The molecular weight excluding hydrogens is 348 g/mol. The minimum atomic E-state index is -0.157. The Kier molecular flexibility index (Phi) is 5.96. The molecule has 4 nitrogen and oxygen atoms in total. The molecular formula is C21H23ClN2O2. The number of halogens is 1. The van der Waals surface area contributed by atoms with Crippen LogP contribution >= 0.6 is 11.6 Å². The molecule has 1 aliphatic rings. The maximum absolute atomic E-state index is 12.3. The molecule has 26 heavy (non-hydrogen) atoms. The van der Waals surface area contributed by atoms with Crippen LogP contribution in [0.5, 0.6) is 5.75 Å². The van der Waals surface area contributed by atoms with Gasteiger partial charge in [-0.25, -0.2) is 0 Å². The lowest BCUT2D eigenvalue weighted by molar-refractivity contribution is -0.114. The van der Waals surface area contributed by atoms with E-state index in [9.17, 15) is 4.79 Å². The summed E-state index contributed by atoms with van der Waals surface area (Å²) in [5.74, 6) is 0.640. The van der Waals surface area contributed by atoms with E-state index in [1.54, 1.807) is 4.90 Å². The molecule has 2 atom stereocenters. The molecule has 2 aromatic carbocycles. The summed E-state index contributed by atoms with van der Waals surface area (Å²) in [4.78, 5) is 14.0. The van der Waals surface area contributed by atoms with E-state index in [1.165, 1.54) is 6.08 Å². The standard InChI is InChI=1S/C21H23ClN2O2/c1-2-21(25)24(14-15-3-5-16(22)6-4-15)18-8-11-19(12-9-18)26-20-10-7-17(23)13-20/h2-6,8-9,11-12,17,20H,1,7,10,13-14,23H2/t17-,20-/m0/s1. The lowest BCUT2D eigenvalue weighted by Gasteiger charge is -2.22. The molecule has 0 saturated heterocycles. The van der Waals surface area contributed by atoms with Gasteiger partial charge in [0.25, 0.3) is 5.91 Å². The average molecular weight is 371 g/mol. The van der Waals surface area contributed by atoms with Crippen LogP contribution in [0, 0.1) is 0 Å². The molecule has 0 aromatic heterocycles. The molecule has 0 unspecified atom stereocenters. The first kappa shape index (κ1) is 18.5. The lowest BCUT2D eigenvalue weighted by Crippen LogP contribution is -2.28. The van der Waals surface area contributed by atoms with Gasteiger partial charge in [-0.05, 0) is 67.3 Å². The minimum absolute atomic E-state index is 0.157. The first-order chi connectivity index (χ1) is 12.5. The summed E-state index contributed by atoms with van der Waals surface area (Å²) in [5.41, 5.74) is 7.71. The fourth-order valence-electron chi connectivity index (χ4n) is 3.16. The summed E-state index contributed by atoms with van der Waals surface area (Å²) in [6, 6.07) is 15.3. The van der Waals surface area contributed by atoms with Crippen LogP contribution in [0.2, 0.25) is 5.02 Å². The van der Waals surface area contributed by atoms with Crippen molar-refractivity contribution in [2.45, 2.75) is 38.0 Å². The number of nitrogens with zero attached hydrogens (tertiary/aromatic N) is 1. The molecule has 1 aliphatic carbocycles. The van der Waals surface area contributed by atoms with E-state index in [0.717, 1.165) is 36.3 Å². The van der Waals surface area contributed by atoms with E-state index in [4.69, 9.17) is 22.1 Å². The van der Waals surface area contributed by atoms with E-state index < -0.39 is 0 Å². The van der Waals surface area contributed by atoms with Gasteiger partial charge in [0.15, 0.2) is 0 Å². The van der Waals surface area contributed by atoms with Crippen molar-refractivity contribution in [2.24, 2.45) is 5.73 Å². The van der Waals surface area contributed by atoms with Crippen LogP contribution in [0.25, 0.3) is 0 Å². The van der Waals surface area contributed by atoms with Gasteiger partial charge in [-0.2, -0.15) is 0 Å². The smallest absolute Gasteiger partial charge is 0.250 e. The second-order valence-corrected chi connectivity index (χ2v) is 7.00. The Labute approximate surface area is 159 Å². The molecule has 0 heterocycles. The van der Waals surface area contributed by atoms with Gasteiger partial charge in [-0.15, -0.1) is 0 Å². The summed E-state index contributed by atoms with van der Waals surface area (Å²) in [7, 11) is 0. The molecule has 0 spiro atoms. The van der Waals surface area contributed by atoms with Gasteiger partial charge in [0.05, 0.1) is 6.54 Å². The summed E-state index contributed by atoms with van der Waals surface area (Å²) in [6.07, 6.45) is 4.38. The molecule has 1 fully saturated rings. The third-order valence-electron chi connectivity index (χ3n) is 4.57. The number of carbonyl (C=O) groups is 1. The number of hydrogen-bond acceptors (Lipinski definition) is 3. The van der Waals surface area contributed by atoms with Gasteiger partial charge in [-0.1, -0.05) is 30.3 Å². The highest BCUT2D eigenvalue weighted by atomic mass is 35.5. The van der Waals surface area contributed by atoms with Crippen molar-refractivity contribution in [2.75, 3.05) is 4.90 Å². The second kappa shape index (κ2) is 8.39. The number of ether oxygens (including phenoxy) is 1. The van der Waals surface area contributed by atoms with Crippen LogP contribution < -0.4 is 15.4 Å². The van der Waals surface area contributed by atoms with Crippen LogP contribution in [0.4, 0.5) is 5.69 Å². The van der Waals surface area contributed by atoms with Gasteiger partial charge in [0.2, 0.25) is 0 Å². The number of hydrogen-bond donors (Lipinski definition) is 1. The van der Waals surface area contributed by atoms with Gasteiger partial charge in [0.1, 0.15) is 11.9 Å². The van der Waals surface area contributed by atoms with Crippen molar-refractivity contribution in [3.63, 3.8) is 0 Å². The van der Waals surface area contributed by atoms with Gasteiger partial charge >= 0.3 is 0 Å². The summed E-state index contributed by atoms with van der Waals surface area (Å²) in [6.45, 7) is 4.05. The highest BCUT2D eigenvalue weighted by Crippen LogP contribution is 2.26. The SMILES string of the molecule is C=CC(=O)N(Cc1ccc(Cl)cc1)c1ccc(O[C@H]2CC[C@H](N)C2)cc1. The number of carbonyl (C=O) groups excluding carboxylic acids is 1. The summed E-state index contributed by atoms with van der Waals surface area (Å²) in [5, 5.41) is 0.670. The normalized spacial score (nSPS) is 19.2. The fourth-order valence-corrected chi connectivity index (χ4v) is 3.28. The molecule has 2 aromatic rings. The molecule has 5 heteroatoms. The number of amides is 1. The molecule has 2 N–H and O–H groups in total. The zero-order valence-corrected chi connectivity index (χ0v) is 15.4. The van der Waals surface area contributed by atoms with E-state index in [0.29, 0.717) is 11.6 Å². The highest BCUT2D eigenvalue weighted by molar-refractivity contribution is 6.30. The first-order valence-electron chi connectivity index (χ1n) is 8.76. The van der Waals surface area contributed by atoms with Crippen LogP contribution in [0.3, 0.4) is 0 Å². The van der Waals surface area contributed by atoms with Crippen molar-refractivity contribution in [1.82, 2.24) is 0 Å². The van der Waals surface area contributed by atoms with Crippen molar-refractivity contribution in [1.29, 1.82) is 0 Å². The Morgan fingerprint density at radius 2 is 1.88 bits per heavy atom.